The molecule has 3 rings (SSSR count). The number of hydrogen-bond donors (Lipinski definition) is 0. The predicted molar refractivity (Wildman–Crippen MR) is 97.7 cm³/mol. The molecule has 0 radical (unpaired) electrons. The van der Waals surface area contributed by atoms with Crippen molar-refractivity contribution in [2.24, 2.45) is 7.05 Å². The summed E-state index contributed by atoms with van der Waals surface area (Å²) in [6.07, 6.45) is 1.25. The van der Waals surface area contributed by atoms with Gasteiger partial charge in [0.25, 0.3) is 0 Å². The Hall–Kier alpha value is -2.22. The van der Waals surface area contributed by atoms with Crippen LogP contribution in [-0.2, 0) is 7.05 Å². The van der Waals surface area contributed by atoms with Crippen molar-refractivity contribution >= 4 is 10.9 Å². The van der Waals surface area contributed by atoms with Crippen molar-refractivity contribution in [2.75, 3.05) is 7.11 Å². The highest BCUT2D eigenvalue weighted by atomic mass is 16.5. The average molecular weight is 297 g/mol. The van der Waals surface area contributed by atoms with Crippen molar-refractivity contribution in [3.63, 3.8) is 0 Å². The first kappa shape index (κ1) is 16.2. The van der Waals surface area contributed by atoms with Gasteiger partial charge in [0, 0.05) is 19.6 Å². The predicted octanol–water partition coefficient (Wildman–Crippen LogP) is 5.82. The molecular weight excluding hydrogens is 270 g/mol. The van der Waals surface area contributed by atoms with E-state index in [0.717, 1.165) is 11.1 Å². The Kier molecular flexibility index (Phi) is 5.26. The van der Waals surface area contributed by atoms with E-state index in [1.54, 1.807) is 7.11 Å². The van der Waals surface area contributed by atoms with Crippen LogP contribution in [0.1, 0.15) is 27.3 Å². The zero-order chi connectivity index (χ0) is 16.1. The third kappa shape index (κ3) is 3.16. The molecule has 0 aliphatic carbocycles. The van der Waals surface area contributed by atoms with Gasteiger partial charge in [0.05, 0.1) is 12.6 Å². The maximum Gasteiger partial charge on any atom is 0.128 e. The molecule has 2 aromatic carbocycles. The van der Waals surface area contributed by atoms with Gasteiger partial charge >= 0.3 is 0 Å². The molecule has 0 spiro atoms. The molecule has 0 aliphatic heterocycles. The molecule has 22 heavy (non-hydrogen) atoms. The number of aryl methyl sites for hydroxylation is 2. The third-order valence-electron chi connectivity index (χ3n) is 3.61. The van der Waals surface area contributed by atoms with E-state index in [4.69, 9.17) is 4.74 Å². The van der Waals surface area contributed by atoms with E-state index in [0.29, 0.717) is 0 Å². The van der Waals surface area contributed by atoms with Gasteiger partial charge in [-0.15, -0.1) is 0 Å². The van der Waals surface area contributed by atoms with Crippen molar-refractivity contribution < 1.29 is 6.16 Å². The lowest BCUT2D eigenvalue weighted by Crippen LogP contribution is -1.91. The van der Waals surface area contributed by atoms with Crippen molar-refractivity contribution in [3.05, 3.63) is 54.1 Å². The lowest BCUT2D eigenvalue weighted by molar-refractivity contribution is 0.420. The number of methoxy groups -OCH3 is 1. The number of aromatic nitrogens is 1. The largest absolute Gasteiger partial charge is 0.496 e. The Balaban J connectivity index is 0.000000615. The van der Waals surface area contributed by atoms with Crippen molar-refractivity contribution in [1.82, 2.24) is 4.57 Å². The number of fused-ring (bicyclic) bond motifs is 1. The molecular formula is C20H27NO. The van der Waals surface area contributed by atoms with Crippen LogP contribution in [0.5, 0.6) is 5.75 Å². The van der Waals surface area contributed by atoms with Gasteiger partial charge in [-0.25, -0.2) is 0 Å². The molecule has 1 aromatic heterocycles. The van der Waals surface area contributed by atoms with Gasteiger partial charge in [-0.1, -0.05) is 56.2 Å². The minimum atomic E-state index is 0. The molecule has 3 aromatic rings. The monoisotopic (exact) mass is 297 g/mol. The van der Waals surface area contributed by atoms with Gasteiger partial charge in [0.15, 0.2) is 0 Å². The van der Waals surface area contributed by atoms with Crippen molar-refractivity contribution in [3.8, 4) is 17.0 Å². The number of ether oxygens (including phenoxy) is 1. The second-order valence-corrected chi connectivity index (χ2v) is 5.55. The van der Waals surface area contributed by atoms with Crippen molar-refractivity contribution in [2.45, 2.75) is 27.2 Å². The lowest BCUT2D eigenvalue weighted by atomic mass is 10.1. The summed E-state index contributed by atoms with van der Waals surface area (Å²) in [5.74, 6) is 0.923. The summed E-state index contributed by atoms with van der Waals surface area (Å²) in [7, 11) is 3.81. The fourth-order valence-electron chi connectivity index (χ4n) is 2.51. The maximum atomic E-state index is 5.44. The Bertz CT molecular complexity index is 744. The van der Waals surface area contributed by atoms with Crippen LogP contribution < -0.4 is 4.74 Å². The highest BCUT2D eigenvalue weighted by molar-refractivity contribution is 5.91. The summed E-state index contributed by atoms with van der Waals surface area (Å²) >= 11 is 0. The van der Waals surface area contributed by atoms with Crippen molar-refractivity contribution in [1.29, 1.82) is 0 Å². The molecule has 0 fully saturated rings. The van der Waals surface area contributed by atoms with Crippen LogP contribution in [0.3, 0.4) is 0 Å². The van der Waals surface area contributed by atoms with E-state index in [9.17, 15) is 0 Å². The number of rotatable bonds is 2. The SMILES string of the molecule is CCC.COc1cccc2c1cc(-c1ccc(C)cc1)n2C.[HH]. The summed E-state index contributed by atoms with van der Waals surface area (Å²) in [4.78, 5) is 0. The summed E-state index contributed by atoms with van der Waals surface area (Å²) in [6.45, 7) is 6.36. The molecule has 0 saturated carbocycles. The standard InChI is InChI=1S/C17H17NO.C3H8.H2/c1-12-7-9-13(10-8-12)16-11-14-15(18(16)2)5-4-6-17(14)19-3;1-3-2;/h4-11H,1-3H3;3H2,1-2H3;1H. The van der Waals surface area contributed by atoms with Crippen LogP contribution >= 0.6 is 0 Å². The van der Waals surface area contributed by atoms with Gasteiger partial charge in [-0.3, -0.25) is 0 Å². The van der Waals surface area contributed by atoms with Crippen LogP contribution in [0.25, 0.3) is 22.2 Å². The fourth-order valence-corrected chi connectivity index (χ4v) is 2.51. The van der Waals surface area contributed by atoms with Gasteiger partial charge in [-0.05, 0) is 30.7 Å². The normalized spacial score (nSPS) is 10.2. The smallest absolute Gasteiger partial charge is 0.128 e. The van der Waals surface area contributed by atoms with E-state index in [2.05, 4.69) is 68.8 Å². The van der Waals surface area contributed by atoms with E-state index >= 15 is 0 Å². The van der Waals surface area contributed by atoms with Crippen LogP contribution in [-0.4, -0.2) is 11.7 Å². The fraction of sp³-hybridized carbons (Fsp3) is 0.300. The van der Waals surface area contributed by atoms with Gasteiger partial charge in [-0.2, -0.15) is 0 Å². The molecule has 0 N–H and O–H groups in total. The topological polar surface area (TPSA) is 14.2 Å². The number of benzene rings is 2. The number of hydrogen-bond acceptors (Lipinski definition) is 1. The first-order valence-corrected chi connectivity index (χ1v) is 7.81. The molecule has 0 aliphatic rings. The van der Waals surface area contributed by atoms with Crippen LogP contribution in [0.2, 0.25) is 0 Å². The van der Waals surface area contributed by atoms with Gasteiger partial charge in [0.1, 0.15) is 5.75 Å². The van der Waals surface area contributed by atoms with Crippen LogP contribution in [0, 0.1) is 6.92 Å². The molecule has 118 valence electrons. The van der Waals surface area contributed by atoms with Crippen LogP contribution in [0.15, 0.2) is 48.5 Å². The zero-order valence-electron chi connectivity index (χ0n) is 14.2. The van der Waals surface area contributed by atoms with E-state index in [1.807, 2.05) is 12.1 Å². The Morgan fingerprint density at radius 2 is 1.68 bits per heavy atom. The first-order chi connectivity index (χ1) is 10.6. The quantitative estimate of drug-likeness (QED) is 0.581. The average Bonchev–Trinajstić information content (AvgIpc) is 2.86. The van der Waals surface area contributed by atoms with E-state index < -0.39 is 0 Å². The summed E-state index contributed by atoms with van der Waals surface area (Å²) in [5, 5.41) is 1.16. The summed E-state index contributed by atoms with van der Waals surface area (Å²) < 4.78 is 7.65. The minimum absolute atomic E-state index is 0. The Morgan fingerprint density at radius 1 is 1.05 bits per heavy atom. The molecule has 1 heterocycles. The lowest BCUT2D eigenvalue weighted by Gasteiger charge is -2.05. The summed E-state index contributed by atoms with van der Waals surface area (Å²) in [6, 6.07) is 17.0. The second-order valence-electron chi connectivity index (χ2n) is 5.55. The molecule has 0 unspecified atom stereocenters. The minimum Gasteiger partial charge on any atom is -0.496 e. The highest BCUT2D eigenvalue weighted by Gasteiger charge is 2.10. The molecule has 0 atom stereocenters. The number of nitrogens with zero attached hydrogens (tertiary/aromatic N) is 1. The van der Waals surface area contributed by atoms with E-state index in [-0.39, 0.29) is 1.43 Å². The van der Waals surface area contributed by atoms with Gasteiger partial charge in [0.2, 0.25) is 0 Å². The zero-order valence-corrected chi connectivity index (χ0v) is 14.2. The third-order valence-corrected chi connectivity index (χ3v) is 3.61. The molecule has 0 amide bonds. The summed E-state index contributed by atoms with van der Waals surface area (Å²) in [5.41, 5.74) is 4.90. The van der Waals surface area contributed by atoms with E-state index in [1.165, 1.54) is 28.8 Å². The van der Waals surface area contributed by atoms with Gasteiger partial charge < -0.3 is 9.30 Å². The molecule has 2 nitrogen and oxygen atoms in total. The molecule has 0 bridgehead atoms. The Morgan fingerprint density at radius 3 is 2.27 bits per heavy atom. The van der Waals surface area contributed by atoms with Crippen LogP contribution in [0.4, 0.5) is 0 Å². The second kappa shape index (κ2) is 7.17. The Labute approximate surface area is 134 Å². The first-order valence-electron chi connectivity index (χ1n) is 7.81. The molecule has 2 heteroatoms. The maximum absolute atomic E-state index is 5.44. The highest BCUT2D eigenvalue weighted by Crippen LogP contribution is 2.32. The molecule has 0 saturated heterocycles.